The molecule has 0 atom stereocenters. The van der Waals surface area contributed by atoms with Gasteiger partial charge in [0.25, 0.3) is 5.69 Å². The van der Waals surface area contributed by atoms with Crippen LogP contribution in [0.4, 0.5) is 11.4 Å². The molecule has 0 saturated heterocycles. The molecule has 1 aromatic heterocycles. The van der Waals surface area contributed by atoms with Crippen LogP contribution in [-0.2, 0) is 0 Å². The van der Waals surface area contributed by atoms with Crippen LogP contribution in [0.25, 0.3) is 33.3 Å². The summed E-state index contributed by atoms with van der Waals surface area (Å²) in [7, 11) is 0. The van der Waals surface area contributed by atoms with Gasteiger partial charge in [-0.15, -0.1) is 0 Å². The first-order chi connectivity index (χ1) is 16.2. The Labute approximate surface area is 186 Å². The van der Waals surface area contributed by atoms with E-state index in [9.17, 15) is 10.1 Å². The lowest BCUT2D eigenvalue weighted by Crippen LogP contribution is -1.94. The van der Waals surface area contributed by atoms with Crippen molar-refractivity contribution in [1.82, 2.24) is 4.98 Å². The number of fused-ring (bicyclic) bond motifs is 4. The third-order valence-electron chi connectivity index (χ3n) is 5.47. The van der Waals surface area contributed by atoms with E-state index in [4.69, 9.17) is 18.9 Å². The maximum atomic E-state index is 11.4. The van der Waals surface area contributed by atoms with Crippen molar-refractivity contribution in [1.29, 1.82) is 0 Å². The second-order valence-electron chi connectivity index (χ2n) is 7.48. The van der Waals surface area contributed by atoms with Crippen LogP contribution in [0.3, 0.4) is 0 Å². The number of nitrogens with zero attached hydrogens (tertiary/aromatic N) is 3. The van der Waals surface area contributed by atoms with Gasteiger partial charge in [-0.25, -0.2) is 4.98 Å². The summed E-state index contributed by atoms with van der Waals surface area (Å²) < 4.78 is 16.5. The van der Waals surface area contributed by atoms with Gasteiger partial charge in [-0.1, -0.05) is 30.3 Å². The number of aromatic nitrogens is 1. The highest BCUT2D eigenvalue weighted by atomic mass is 16.7. The molecule has 0 aliphatic carbocycles. The van der Waals surface area contributed by atoms with Crippen molar-refractivity contribution in [2.45, 2.75) is 0 Å². The number of rotatable bonds is 4. The lowest BCUT2D eigenvalue weighted by molar-refractivity contribution is -0.385. The molecule has 0 bridgehead atoms. The lowest BCUT2D eigenvalue weighted by atomic mass is 10.1. The number of benzene rings is 4. The molecule has 0 unspecified atom stereocenters. The summed E-state index contributed by atoms with van der Waals surface area (Å²) in [5, 5.41) is 13.6. The molecule has 0 saturated carbocycles. The number of nitro groups is 1. The maximum Gasteiger partial charge on any atom is 0.282 e. The summed E-state index contributed by atoms with van der Waals surface area (Å²) >= 11 is 0. The van der Waals surface area contributed by atoms with Crippen molar-refractivity contribution < 1.29 is 18.8 Å². The minimum Gasteiger partial charge on any atom is -0.454 e. The van der Waals surface area contributed by atoms with Crippen molar-refractivity contribution in [2.24, 2.45) is 4.99 Å². The van der Waals surface area contributed by atoms with Gasteiger partial charge in [0.05, 0.1) is 22.2 Å². The highest BCUT2D eigenvalue weighted by Gasteiger charge is 2.22. The fourth-order valence-electron chi connectivity index (χ4n) is 3.83. The molecule has 1 aliphatic rings. The van der Waals surface area contributed by atoms with Gasteiger partial charge in [-0.05, 0) is 41.8 Å². The minimum absolute atomic E-state index is 0.0418. The van der Waals surface area contributed by atoms with Crippen LogP contribution in [0.1, 0.15) is 5.56 Å². The van der Waals surface area contributed by atoms with E-state index in [1.54, 1.807) is 18.2 Å². The number of ether oxygens (including phenoxy) is 2. The SMILES string of the molecule is O=[N+]([O-])c1cc2c(cc1C=Nc1ccc(-c3nc4c(ccc5ccccc54)o3)cc1)OCO2. The van der Waals surface area contributed by atoms with Crippen molar-refractivity contribution >= 4 is 39.5 Å². The molecule has 0 spiro atoms. The van der Waals surface area contributed by atoms with E-state index in [-0.39, 0.29) is 12.5 Å². The Balaban J connectivity index is 1.31. The van der Waals surface area contributed by atoms with Crippen LogP contribution in [-0.4, -0.2) is 22.9 Å². The zero-order chi connectivity index (χ0) is 22.4. The average molecular weight is 437 g/mol. The fraction of sp³-hybridized carbons (Fsp3) is 0.0400. The average Bonchev–Trinajstić information content (AvgIpc) is 3.49. The Morgan fingerprint density at radius 2 is 1.76 bits per heavy atom. The standard InChI is InChI=1S/C25H15N3O5/c29-28(30)20-12-23-22(31-14-32-23)11-17(20)13-26-18-8-5-16(6-9-18)25-27-24-19-4-2-1-3-15(19)7-10-21(24)33-25/h1-13H,14H2. The molecule has 160 valence electrons. The molecule has 2 heterocycles. The summed E-state index contributed by atoms with van der Waals surface area (Å²) in [5.74, 6) is 1.33. The second-order valence-corrected chi connectivity index (χ2v) is 7.48. The summed E-state index contributed by atoms with van der Waals surface area (Å²) in [6, 6.07) is 22.2. The molecule has 0 fully saturated rings. The largest absolute Gasteiger partial charge is 0.454 e. The van der Waals surface area contributed by atoms with Crippen LogP contribution in [0, 0.1) is 10.1 Å². The molecular formula is C25H15N3O5. The summed E-state index contributed by atoms with van der Waals surface area (Å²) in [6.07, 6.45) is 1.45. The quantitative estimate of drug-likeness (QED) is 0.193. The zero-order valence-corrected chi connectivity index (χ0v) is 17.1. The summed E-state index contributed by atoms with van der Waals surface area (Å²) in [5.41, 5.74) is 3.22. The van der Waals surface area contributed by atoms with E-state index in [2.05, 4.69) is 4.99 Å². The summed E-state index contributed by atoms with van der Waals surface area (Å²) in [4.78, 5) is 20.0. The molecule has 0 amide bonds. The Kier molecular flexibility index (Phi) is 4.29. The van der Waals surface area contributed by atoms with E-state index in [1.807, 2.05) is 48.5 Å². The van der Waals surface area contributed by atoms with Gasteiger partial charge >= 0.3 is 0 Å². The monoisotopic (exact) mass is 437 g/mol. The number of oxazole rings is 1. The Hall–Kier alpha value is -4.72. The molecule has 4 aromatic carbocycles. The van der Waals surface area contributed by atoms with E-state index >= 15 is 0 Å². The number of hydrogen-bond acceptors (Lipinski definition) is 7. The van der Waals surface area contributed by atoms with Crippen LogP contribution in [0.15, 0.2) is 82.2 Å². The van der Waals surface area contributed by atoms with Gasteiger partial charge in [-0.2, -0.15) is 0 Å². The first-order valence-corrected chi connectivity index (χ1v) is 10.2. The van der Waals surface area contributed by atoms with Crippen LogP contribution in [0.2, 0.25) is 0 Å². The molecule has 33 heavy (non-hydrogen) atoms. The normalized spacial score (nSPS) is 12.7. The molecular weight excluding hydrogens is 422 g/mol. The highest BCUT2D eigenvalue weighted by molar-refractivity contribution is 6.04. The molecule has 0 radical (unpaired) electrons. The molecule has 1 aliphatic heterocycles. The Morgan fingerprint density at radius 1 is 0.970 bits per heavy atom. The molecule has 8 nitrogen and oxygen atoms in total. The predicted molar refractivity (Wildman–Crippen MR) is 123 cm³/mol. The van der Waals surface area contributed by atoms with Gasteiger partial charge in [0.15, 0.2) is 17.1 Å². The molecule has 0 N–H and O–H groups in total. The third kappa shape index (κ3) is 3.34. The van der Waals surface area contributed by atoms with E-state index in [0.717, 1.165) is 27.4 Å². The molecule has 5 aromatic rings. The van der Waals surface area contributed by atoms with Crippen molar-refractivity contribution in [3.63, 3.8) is 0 Å². The molecule has 6 rings (SSSR count). The third-order valence-corrected chi connectivity index (χ3v) is 5.47. The molecule has 8 heteroatoms. The second kappa shape index (κ2) is 7.45. The van der Waals surface area contributed by atoms with Gasteiger partial charge < -0.3 is 13.9 Å². The van der Waals surface area contributed by atoms with Crippen molar-refractivity contribution in [3.8, 4) is 23.0 Å². The van der Waals surface area contributed by atoms with Gasteiger partial charge in [0, 0.05) is 17.2 Å². The Morgan fingerprint density at radius 3 is 2.58 bits per heavy atom. The highest BCUT2D eigenvalue weighted by Crippen LogP contribution is 2.37. The maximum absolute atomic E-state index is 11.4. The van der Waals surface area contributed by atoms with Crippen molar-refractivity contribution in [3.05, 3.63) is 88.5 Å². The zero-order valence-electron chi connectivity index (χ0n) is 17.1. The van der Waals surface area contributed by atoms with Gasteiger partial charge in [0.1, 0.15) is 5.52 Å². The topological polar surface area (TPSA) is 100.0 Å². The fourth-order valence-corrected chi connectivity index (χ4v) is 3.83. The van der Waals surface area contributed by atoms with Crippen molar-refractivity contribution in [2.75, 3.05) is 6.79 Å². The first-order valence-electron chi connectivity index (χ1n) is 10.2. The van der Waals surface area contributed by atoms with Crippen LogP contribution >= 0.6 is 0 Å². The smallest absolute Gasteiger partial charge is 0.282 e. The van der Waals surface area contributed by atoms with Crippen LogP contribution in [0.5, 0.6) is 11.5 Å². The van der Waals surface area contributed by atoms with E-state index < -0.39 is 4.92 Å². The van der Waals surface area contributed by atoms with E-state index in [0.29, 0.717) is 28.6 Å². The Bertz CT molecular complexity index is 1570. The number of aliphatic imine (C=N–C) groups is 1. The number of nitro benzene ring substituents is 1. The van der Waals surface area contributed by atoms with Gasteiger partial charge in [0.2, 0.25) is 12.7 Å². The lowest BCUT2D eigenvalue weighted by Gasteiger charge is -2.01. The first kappa shape index (κ1) is 19.0. The number of hydrogen-bond donors (Lipinski definition) is 0. The van der Waals surface area contributed by atoms with Crippen LogP contribution < -0.4 is 9.47 Å². The van der Waals surface area contributed by atoms with E-state index in [1.165, 1.54) is 12.3 Å². The summed E-state index contributed by atoms with van der Waals surface area (Å²) in [6.45, 7) is 0.0418. The predicted octanol–water partition coefficient (Wildman–Crippen LogP) is 6.04. The van der Waals surface area contributed by atoms with Gasteiger partial charge in [-0.3, -0.25) is 15.1 Å². The minimum atomic E-state index is -0.469.